The van der Waals surface area contributed by atoms with Gasteiger partial charge in [0.2, 0.25) is 0 Å². The smallest absolute Gasteiger partial charge is 0.267 e. The van der Waals surface area contributed by atoms with Crippen LogP contribution in [0.25, 0.3) is 0 Å². The van der Waals surface area contributed by atoms with Gasteiger partial charge in [0, 0.05) is 11.9 Å². The van der Waals surface area contributed by atoms with E-state index >= 15 is 0 Å². The fraction of sp³-hybridized carbons (Fsp3) is 0.182. The average molecular weight is 327 g/mol. The molecule has 82 valence electrons. The zero-order valence-corrected chi connectivity index (χ0v) is 10.9. The molecular weight excluding hydrogens is 317 g/mol. The average Bonchev–Trinajstić information content (AvgIpc) is 2.25. The molecule has 16 heavy (non-hydrogen) atoms. The molecule has 2 aromatic rings. The van der Waals surface area contributed by atoms with E-state index in [2.05, 4.69) is 9.97 Å². The van der Waals surface area contributed by atoms with Gasteiger partial charge in [-0.15, -0.1) is 0 Å². The number of hydrogen-bond acceptors (Lipinski definition) is 3. The summed E-state index contributed by atoms with van der Waals surface area (Å²) < 4.78 is 2.18. The molecular formula is C11H10IN3O. The maximum atomic E-state index is 11.7. The second-order valence-corrected chi connectivity index (χ2v) is 4.61. The molecule has 0 atom stereocenters. The van der Waals surface area contributed by atoms with Crippen molar-refractivity contribution in [1.82, 2.24) is 14.5 Å². The van der Waals surface area contributed by atoms with Crippen molar-refractivity contribution in [2.75, 3.05) is 0 Å². The zero-order chi connectivity index (χ0) is 11.5. The maximum absolute atomic E-state index is 11.7. The van der Waals surface area contributed by atoms with E-state index in [9.17, 15) is 4.79 Å². The highest BCUT2D eigenvalue weighted by molar-refractivity contribution is 14.1. The first-order valence-electron chi connectivity index (χ1n) is 4.79. The van der Waals surface area contributed by atoms with Crippen molar-refractivity contribution in [2.45, 2.75) is 13.5 Å². The highest BCUT2D eigenvalue weighted by Crippen LogP contribution is 2.00. The lowest BCUT2D eigenvalue weighted by atomic mass is 10.3. The third-order valence-corrected chi connectivity index (χ3v) is 2.88. The summed E-state index contributed by atoms with van der Waals surface area (Å²) in [7, 11) is 0. The minimum atomic E-state index is -0.0288. The molecule has 2 aromatic heterocycles. The molecule has 0 aliphatic rings. The van der Waals surface area contributed by atoms with Gasteiger partial charge in [-0.1, -0.05) is 6.07 Å². The van der Waals surface area contributed by atoms with Crippen molar-refractivity contribution >= 4 is 22.6 Å². The topological polar surface area (TPSA) is 47.8 Å². The van der Waals surface area contributed by atoms with E-state index in [0.29, 0.717) is 10.1 Å². The molecule has 5 heteroatoms. The zero-order valence-electron chi connectivity index (χ0n) is 8.72. The van der Waals surface area contributed by atoms with Gasteiger partial charge in [0.05, 0.1) is 22.1 Å². The molecule has 0 amide bonds. The number of hydrogen-bond donors (Lipinski definition) is 0. The Morgan fingerprint density at radius 3 is 3.00 bits per heavy atom. The van der Waals surface area contributed by atoms with E-state index in [1.807, 2.05) is 47.7 Å². The second kappa shape index (κ2) is 4.73. The van der Waals surface area contributed by atoms with E-state index in [-0.39, 0.29) is 5.56 Å². The first-order valence-corrected chi connectivity index (χ1v) is 5.87. The Balaban J connectivity index is 2.34. The van der Waals surface area contributed by atoms with Crippen molar-refractivity contribution in [3.8, 4) is 0 Å². The molecule has 4 nitrogen and oxygen atoms in total. The lowest BCUT2D eigenvalue weighted by molar-refractivity contribution is 0.711. The van der Waals surface area contributed by atoms with Crippen LogP contribution in [0.2, 0.25) is 0 Å². The highest BCUT2D eigenvalue weighted by atomic mass is 127. The number of pyridine rings is 1. The second-order valence-electron chi connectivity index (χ2n) is 3.44. The van der Waals surface area contributed by atoms with Crippen LogP contribution < -0.4 is 5.56 Å². The highest BCUT2D eigenvalue weighted by Gasteiger charge is 2.02. The predicted octanol–water partition coefficient (Wildman–Crippen LogP) is 1.60. The summed E-state index contributed by atoms with van der Waals surface area (Å²) in [5, 5.41) is 0. The van der Waals surface area contributed by atoms with Crippen molar-refractivity contribution in [3.05, 3.63) is 56.0 Å². The van der Waals surface area contributed by atoms with E-state index in [0.717, 1.165) is 11.4 Å². The van der Waals surface area contributed by atoms with Gasteiger partial charge in [-0.3, -0.25) is 14.3 Å². The molecule has 0 fully saturated rings. The molecule has 0 radical (unpaired) electrons. The maximum Gasteiger partial charge on any atom is 0.267 e. The van der Waals surface area contributed by atoms with Gasteiger partial charge in [-0.05, 0) is 41.6 Å². The van der Waals surface area contributed by atoms with Crippen LogP contribution in [0.1, 0.15) is 11.4 Å². The summed E-state index contributed by atoms with van der Waals surface area (Å²) in [5.41, 5.74) is 1.79. The van der Waals surface area contributed by atoms with Gasteiger partial charge in [-0.2, -0.15) is 0 Å². The largest absolute Gasteiger partial charge is 0.292 e. The number of rotatable bonds is 2. The summed E-state index contributed by atoms with van der Waals surface area (Å²) in [4.78, 5) is 20.1. The summed E-state index contributed by atoms with van der Waals surface area (Å²) >= 11 is 1.98. The van der Waals surface area contributed by atoms with Crippen LogP contribution in [-0.4, -0.2) is 14.5 Å². The summed E-state index contributed by atoms with van der Waals surface area (Å²) in [6.07, 6.45) is 3.09. The molecule has 0 N–H and O–H groups in total. The standard InChI is InChI=1S/C11H10IN3O/c1-8-3-2-4-9(14-8)6-15-7-13-5-10(12)11(15)16/h2-5,7H,6H2,1H3. The molecule has 0 aliphatic carbocycles. The van der Waals surface area contributed by atoms with Crippen LogP contribution in [0.3, 0.4) is 0 Å². The molecule has 0 aromatic carbocycles. The van der Waals surface area contributed by atoms with Crippen molar-refractivity contribution in [1.29, 1.82) is 0 Å². The van der Waals surface area contributed by atoms with Crippen LogP contribution in [0.4, 0.5) is 0 Å². The fourth-order valence-electron chi connectivity index (χ4n) is 1.40. The lowest BCUT2D eigenvalue weighted by Gasteiger charge is -2.05. The van der Waals surface area contributed by atoms with Gasteiger partial charge in [-0.25, -0.2) is 4.98 Å². The molecule has 0 saturated carbocycles. The summed E-state index contributed by atoms with van der Waals surface area (Å²) in [6.45, 7) is 2.39. The fourth-order valence-corrected chi connectivity index (χ4v) is 1.87. The number of aromatic nitrogens is 3. The SMILES string of the molecule is Cc1cccc(Cn2cncc(I)c2=O)n1. The Morgan fingerprint density at radius 2 is 2.25 bits per heavy atom. The van der Waals surface area contributed by atoms with Crippen molar-refractivity contribution in [3.63, 3.8) is 0 Å². The van der Waals surface area contributed by atoms with E-state index in [1.54, 1.807) is 10.8 Å². The number of halogens is 1. The van der Waals surface area contributed by atoms with Gasteiger partial charge < -0.3 is 0 Å². The minimum Gasteiger partial charge on any atom is -0.292 e. The minimum absolute atomic E-state index is 0.0288. The quantitative estimate of drug-likeness (QED) is 0.787. The van der Waals surface area contributed by atoms with E-state index in [4.69, 9.17) is 0 Å². The number of nitrogens with zero attached hydrogens (tertiary/aromatic N) is 3. The molecule has 0 saturated heterocycles. The predicted molar refractivity (Wildman–Crippen MR) is 69.3 cm³/mol. The molecule has 0 bridgehead atoms. The first kappa shape index (κ1) is 11.3. The Hall–Kier alpha value is -1.24. The number of aryl methyl sites for hydroxylation is 1. The van der Waals surface area contributed by atoms with Crippen LogP contribution in [0.5, 0.6) is 0 Å². The van der Waals surface area contributed by atoms with Crippen molar-refractivity contribution in [2.24, 2.45) is 0 Å². The monoisotopic (exact) mass is 327 g/mol. The van der Waals surface area contributed by atoms with Crippen LogP contribution in [-0.2, 0) is 6.54 Å². The van der Waals surface area contributed by atoms with E-state index < -0.39 is 0 Å². The molecule has 2 rings (SSSR count). The Kier molecular flexibility index (Phi) is 3.33. The van der Waals surface area contributed by atoms with Gasteiger partial charge in [0.25, 0.3) is 5.56 Å². The van der Waals surface area contributed by atoms with Crippen molar-refractivity contribution < 1.29 is 0 Å². The van der Waals surface area contributed by atoms with Gasteiger partial charge in [0.1, 0.15) is 0 Å². The van der Waals surface area contributed by atoms with Gasteiger partial charge >= 0.3 is 0 Å². The Bertz CT molecular complexity index is 565. The molecule has 0 aliphatic heterocycles. The third kappa shape index (κ3) is 2.46. The van der Waals surface area contributed by atoms with E-state index in [1.165, 1.54) is 6.33 Å². The first-order chi connectivity index (χ1) is 7.66. The third-order valence-electron chi connectivity index (χ3n) is 2.14. The molecule has 0 spiro atoms. The van der Waals surface area contributed by atoms with Gasteiger partial charge in [0.15, 0.2) is 0 Å². The Labute approximate surface area is 107 Å². The molecule has 0 unspecified atom stereocenters. The van der Waals surface area contributed by atoms with Crippen LogP contribution in [0.15, 0.2) is 35.5 Å². The Morgan fingerprint density at radius 1 is 1.44 bits per heavy atom. The van der Waals surface area contributed by atoms with Crippen LogP contribution >= 0.6 is 22.6 Å². The molecule has 2 heterocycles. The van der Waals surface area contributed by atoms with Crippen LogP contribution in [0, 0.1) is 10.5 Å². The summed E-state index contributed by atoms with van der Waals surface area (Å²) in [5.74, 6) is 0. The summed E-state index contributed by atoms with van der Waals surface area (Å²) in [6, 6.07) is 5.77. The lowest BCUT2D eigenvalue weighted by Crippen LogP contribution is -2.23. The normalized spacial score (nSPS) is 10.4.